The van der Waals surface area contributed by atoms with E-state index in [0.29, 0.717) is 5.69 Å². The number of nitrogens with one attached hydrogen (secondary N) is 2. The Balaban J connectivity index is 1.72. The number of hydrogen-bond donors (Lipinski definition) is 2. The van der Waals surface area contributed by atoms with Gasteiger partial charge < -0.3 is 14.5 Å². The van der Waals surface area contributed by atoms with Crippen molar-refractivity contribution >= 4 is 27.3 Å². The molecule has 2 N–H and O–H groups in total. The highest BCUT2D eigenvalue weighted by Gasteiger charge is 2.31. The Morgan fingerprint density at radius 3 is 2.28 bits per heavy atom. The normalized spacial score (nSPS) is 11.7. The van der Waals surface area contributed by atoms with Crippen molar-refractivity contribution in [1.29, 1.82) is 0 Å². The van der Waals surface area contributed by atoms with Gasteiger partial charge in [0.25, 0.3) is 15.9 Å². The molecule has 0 fully saturated rings. The minimum Gasteiger partial charge on any atom is -0.459 e. The van der Waals surface area contributed by atoms with Crippen molar-refractivity contribution < 1.29 is 35.5 Å². The molecule has 1 amide bonds. The van der Waals surface area contributed by atoms with Crippen LogP contribution in [0.2, 0.25) is 0 Å². The molecule has 0 aliphatic rings. The fourth-order valence-corrected chi connectivity index (χ4v) is 3.34. The molecule has 3 rings (SSSR count). The fourth-order valence-electron chi connectivity index (χ4n) is 2.30. The number of rotatable bonds is 6. The van der Waals surface area contributed by atoms with E-state index in [2.05, 4.69) is 14.8 Å². The summed E-state index contributed by atoms with van der Waals surface area (Å²) in [4.78, 5) is 11.7. The van der Waals surface area contributed by atoms with E-state index < -0.39 is 28.0 Å². The third kappa shape index (κ3) is 5.51. The van der Waals surface area contributed by atoms with Crippen LogP contribution in [-0.2, 0) is 10.0 Å². The molecule has 7 nitrogen and oxygen atoms in total. The molecule has 0 unspecified atom stereocenters. The number of halogens is 3. The summed E-state index contributed by atoms with van der Waals surface area (Å²) in [6.07, 6.45) is -3.54. The second kappa shape index (κ2) is 7.87. The molecule has 29 heavy (non-hydrogen) atoms. The molecule has 3 aromatic rings. The number of amides is 1. The molecule has 0 saturated heterocycles. The van der Waals surface area contributed by atoms with Crippen molar-refractivity contribution in [1.82, 2.24) is 0 Å². The lowest BCUT2D eigenvalue weighted by Gasteiger charge is -2.11. The number of carbonyl (C=O) groups is 1. The summed E-state index contributed by atoms with van der Waals surface area (Å²) in [5.74, 6) is -0.980. The zero-order chi connectivity index (χ0) is 21.1. The number of hydrogen-bond acceptors (Lipinski definition) is 5. The van der Waals surface area contributed by atoms with Crippen LogP contribution >= 0.6 is 0 Å². The maximum atomic E-state index is 12.4. The van der Waals surface area contributed by atoms with Gasteiger partial charge in [-0.25, -0.2) is 8.42 Å². The largest absolute Gasteiger partial charge is 0.573 e. The lowest BCUT2D eigenvalue weighted by atomic mass is 10.3. The molecule has 0 bridgehead atoms. The van der Waals surface area contributed by atoms with Crippen LogP contribution in [0, 0.1) is 0 Å². The molecule has 1 aromatic heterocycles. The Bertz CT molecular complexity index is 1100. The molecular formula is C18H13F3N2O5S. The quantitative estimate of drug-likeness (QED) is 0.615. The van der Waals surface area contributed by atoms with E-state index in [-0.39, 0.29) is 16.3 Å². The lowest BCUT2D eigenvalue weighted by molar-refractivity contribution is -0.274. The van der Waals surface area contributed by atoms with Crippen LogP contribution in [-0.4, -0.2) is 20.7 Å². The third-order valence-corrected chi connectivity index (χ3v) is 4.88. The molecule has 0 atom stereocenters. The Labute approximate surface area is 163 Å². The second-order valence-corrected chi connectivity index (χ2v) is 7.32. The minimum atomic E-state index is -4.88. The summed E-state index contributed by atoms with van der Waals surface area (Å²) in [7, 11) is -4.08. The summed E-state index contributed by atoms with van der Waals surface area (Å²) in [5, 5.41) is 2.55. The molecule has 0 radical (unpaired) electrons. The van der Waals surface area contributed by atoms with Gasteiger partial charge in [-0.05, 0) is 54.6 Å². The van der Waals surface area contributed by atoms with Gasteiger partial charge in [0.05, 0.1) is 16.8 Å². The van der Waals surface area contributed by atoms with Crippen molar-refractivity contribution in [2.75, 3.05) is 10.0 Å². The SMILES string of the molecule is O=C(Nc1cccc(NS(=O)(=O)c2ccc(OC(F)(F)F)cc2)c1)c1ccco1. The van der Waals surface area contributed by atoms with Crippen LogP contribution in [0.5, 0.6) is 5.75 Å². The lowest BCUT2D eigenvalue weighted by Crippen LogP contribution is -2.17. The van der Waals surface area contributed by atoms with Crippen LogP contribution in [0.3, 0.4) is 0 Å². The third-order valence-electron chi connectivity index (χ3n) is 3.49. The van der Waals surface area contributed by atoms with E-state index >= 15 is 0 Å². The number of carbonyl (C=O) groups excluding carboxylic acids is 1. The Kier molecular flexibility index (Phi) is 5.50. The molecule has 2 aromatic carbocycles. The van der Waals surface area contributed by atoms with Gasteiger partial charge >= 0.3 is 6.36 Å². The summed E-state index contributed by atoms with van der Waals surface area (Å²) < 4.78 is 72.4. The number of ether oxygens (including phenoxy) is 1. The Morgan fingerprint density at radius 2 is 1.66 bits per heavy atom. The van der Waals surface area contributed by atoms with Crippen molar-refractivity contribution in [3.8, 4) is 5.75 Å². The molecular weight excluding hydrogens is 413 g/mol. The fraction of sp³-hybridized carbons (Fsp3) is 0.0556. The molecule has 0 spiro atoms. The first-order valence-corrected chi connectivity index (χ1v) is 9.44. The highest BCUT2D eigenvalue weighted by Crippen LogP contribution is 2.25. The zero-order valence-corrected chi connectivity index (χ0v) is 15.3. The van der Waals surface area contributed by atoms with Gasteiger partial charge in [0.15, 0.2) is 5.76 Å². The first-order valence-electron chi connectivity index (χ1n) is 7.96. The van der Waals surface area contributed by atoms with Crippen LogP contribution in [0.15, 0.2) is 76.2 Å². The van der Waals surface area contributed by atoms with Gasteiger partial charge in [-0.15, -0.1) is 13.2 Å². The smallest absolute Gasteiger partial charge is 0.459 e. The topological polar surface area (TPSA) is 97.6 Å². The molecule has 0 aliphatic carbocycles. The molecule has 152 valence electrons. The predicted octanol–water partition coefficient (Wildman–Crippen LogP) is 4.23. The average molecular weight is 426 g/mol. The van der Waals surface area contributed by atoms with Crippen molar-refractivity contribution in [2.24, 2.45) is 0 Å². The van der Waals surface area contributed by atoms with Gasteiger partial charge in [-0.2, -0.15) is 0 Å². The highest BCUT2D eigenvalue weighted by atomic mass is 32.2. The van der Waals surface area contributed by atoms with E-state index in [4.69, 9.17) is 4.42 Å². The number of alkyl halides is 3. The maximum Gasteiger partial charge on any atom is 0.573 e. The van der Waals surface area contributed by atoms with Gasteiger partial charge in [-0.1, -0.05) is 6.07 Å². The van der Waals surface area contributed by atoms with Crippen LogP contribution < -0.4 is 14.8 Å². The van der Waals surface area contributed by atoms with Crippen LogP contribution in [0.4, 0.5) is 24.5 Å². The van der Waals surface area contributed by atoms with E-state index in [1.807, 2.05) is 0 Å². The van der Waals surface area contributed by atoms with E-state index in [9.17, 15) is 26.4 Å². The standard InChI is InChI=1S/C18H13F3N2O5S/c19-18(20,21)28-14-6-8-15(9-7-14)29(25,26)23-13-4-1-3-12(11-13)22-17(24)16-5-2-10-27-16/h1-11,23H,(H,22,24). The van der Waals surface area contributed by atoms with Crippen molar-refractivity contribution in [2.45, 2.75) is 11.3 Å². The molecule has 0 aliphatic heterocycles. The Hall–Kier alpha value is -3.47. The maximum absolute atomic E-state index is 12.4. The number of sulfonamides is 1. The van der Waals surface area contributed by atoms with Crippen molar-refractivity contribution in [3.05, 3.63) is 72.7 Å². The van der Waals surface area contributed by atoms with Gasteiger partial charge in [0, 0.05) is 5.69 Å². The summed E-state index contributed by atoms with van der Waals surface area (Å²) in [5.41, 5.74) is 0.443. The van der Waals surface area contributed by atoms with E-state index in [0.717, 1.165) is 24.3 Å². The van der Waals surface area contributed by atoms with Gasteiger partial charge in [0.2, 0.25) is 0 Å². The number of anilines is 2. The second-order valence-electron chi connectivity index (χ2n) is 5.64. The minimum absolute atomic E-state index is 0.0807. The number of furan rings is 1. The average Bonchev–Trinajstić information content (AvgIpc) is 3.15. The molecule has 11 heteroatoms. The van der Waals surface area contributed by atoms with Crippen LogP contribution in [0.1, 0.15) is 10.6 Å². The zero-order valence-electron chi connectivity index (χ0n) is 14.4. The highest BCUT2D eigenvalue weighted by molar-refractivity contribution is 7.92. The van der Waals surface area contributed by atoms with E-state index in [1.165, 1.54) is 30.5 Å². The monoisotopic (exact) mass is 426 g/mol. The van der Waals surface area contributed by atoms with Gasteiger partial charge in [-0.3, -0.25) is 9.52 Å². The number of benzene rings is 2. The molecule has 1 heterocycles. The first kappa shape index (κ1) is 20.3. The van der Waals surface area contributed by atoms with Crippen LogP contribution in [0.25, 0.3) is 0 Å². The first-order chi connectivity index (χ1) is 13.6. The summed E-state index contributed by atoms with van der Waals surface area (Å²) >= 11 is 0. The summed E-state index contributed by atoms with van der Waals surface area (Å²) in [6, 6.07) is 12.6. The van der Waals surface area contributed by atoms with Crippen molar-refractivity contribution in [3.63, 3.8) is 0 Å². The summed E-state index contributed by atoms with van der Waals surface area (Å²) in [6.45, 7) is 0. The Morgan fingerprint density at radius 1 is 0.966 bits per heavy atom. The predicted molar refractivity (Wildman–Crippen MR) is 97.0 cm³/mol. The molecule has 0 saturated carbocycles. The van der Waals surface area contributed by atoms with E-state index in [1.54, 1.807) is 12.1 Å². The van der Waals surface area contributed by atoms with Gasteiger partial charge in [0.1, 0.15) is 5.75 Å².